The molecule has 0 bridgehead atoms. The van der Waals surface area contributed by atoms with Gasteiger partial charge in [0.25, 0.3) is 0 Å². The Hall–Kier alpha value is -2.21. The topological polar surface area (TPSA) is 62.3 Å². The summed E-state index contributed by atoms with van der Waals surface area (Å²) in [5.41, 5.74) is 4.86. The summed E-state index contributed by atoms with van der Waals surface area (Å²) in [6.45, 7) is 2.19. The fourth-order valence-electron chi connectivity index (χ4n) is 3.96. The number of hydrogen-bond acceptors (Lipinski definition) is 4. The second kappa shape index (κ2) is 7.19. The van der Waals surface area contributed by atoms with Crippen LogP contribution in [0.5, 0.6) is 0 Å². The number of benzene rings is 1. The molecule has 1 aliphatic heterocycles. The minimum atomic E-state index is -0.381. The summed E-state index contributed by atoms with van der Waals surface area (Å²) in [5, 5.41) is 5.49. The zero-order chi connectivity index (χ0) is 18.1. The van der Waals surface area contributed by atoms with Crippen LogP contribution in [0.25, 0.3) is 11.3 Å². The molecule has 1 fully saturated rings. The predicted molar refractivity (Wildman–Crippen MR) is 103 cm³/mol. The Morgan fingerprint density at radius 2 is 2.04 bits per heavy atom. The van der Waals surface area contributed by atoms with Crippen LogP contribution in [-0.4, -0.2) is 34.3 Å². The Balaban J connectivity index is 1.48. The molecule has 136 valence electrons. The van der Waals surface area contributed by atoms with Crippen molar-refractivity contribution in [3.05, 3.63) is 34.7 Å². The summed E-state index contributed by atoms with van der Waals surface area (Å²) in [4.78, 5) is 30.7. The van der Waals surface area contributed by atoms with E-state index in [1.54, 1.807) is 4.90 Å². The van der Waals surface area contributed by atoms with Crippen LogP contribution >= 0.6 is 11.3 Å². The van der Waals surface area contributed by atoms with Gasteiger partial charge in [-0.25, -0.2) is 4.98 Å². The second-order valence-electron chi connectivity index (χ2n) is 7.09. The number of piperidine rings is 1. The van der Waals surface area contributed by atoms with E-state index < -0.39 is 0 Å². The van der Waals surface area contributed by atoms with Crippen molar-refractivity contribution in [2.45, 2.75) is 51.5 Å². The molecule has 0 spiro atoms. The zero-order valence-electron chi connectivity index (χ0n) is 15.0. The number of fused-ring (bicyclic) bond motifs is 1. The van der Waals surface area contributed by atoms with Gasteiger partial charge in [-0.3, -0.25) is 9.59 Å². The first-order valence-corrected chi connectivity index (χ1v) is 10.2. The lowest BCUT2D eigenvalue weighted by Gasteiger charge is -2.33. The number of hydrogen-bond donors (Lipinski definition) is 1. The molecule has 0 radical (unpaired) electrons. The number of rotatable bonds is 3. The van der Waals surface area contributed by atoms with Gasteiger partial charge in [0.1, 0.15) is 6.04 Å². The third-order valence-corrected chi connectivity index (χ3v) is 6.10. The van der Waals surface area contributed by atoms with Crippen molar-refractivity contribution in [3.8, 4) is 11.3 Å². The van der Waals surface area contributed by atoms with Gasteiger partial charge in [-0.1, -0.05) is 12.1 Å². The molecule has 2 aliphatic rings. The number of carbonyl (C=O) groups is 2. The Labute approximate surface area is 157 Å². The van der Waals surface area contributed by atoms with Crippen LogP contribution in [-0.2, 0) is 22.4 Å². The molecule has 6 heteroatoms. The standard InChI is InChI=1S/C20H23N3O2S/c1-13(24)23-10-3-2-7-18(23)19(25)22-20-21-17(12-26-20)16-9-8-14-5-4-6-15(14)11-16/h8-9,11-12,18H,2-7,10H2,1H3,(H,21,22,25). The van der Waals surface area contributed by atoms with Gasteiger partial charge in [0, 0.05) is 24.4 Å². The van der Waals surface area contributed by atoms with Crippen molar-refractivity contribution in [1.82, 2.24) is 9.88 Å². The van der Waals surface area contributed by atoms with E-state index in [-0.39, 0.29) is 17.9 Å². The molecule has 1 saturated heterocycles. The molecule has 0 saturated carbocycles. The monoisotopic (exact) mass is 369 g/mol. The third-order valence-electron chi connectivity index (χ3n) is 5.34. The molecule has 26 heavy (non-hydrogen) atoms. The maximum atomic E-state index is 12.6. The van der Waals surface area contributed by atoms with Crippen LogP contribution in [0.4, 0.5) is 5.13 Å². The molecule has 1 aromatic heterocycles. The normalized spacial score (nSPS) is 19.3. The SMILES string of the molecule is CC(=O)N1CCCCC1C(=O)Nc1nc(-c2ccc3c(c2)CCC3)cs1. The first-order chi connectivity index (χ1) is 12.6. The number of amides is 2. The van der Waals surface area contributed by atoms with Crippen LogP contribution in [0.3, 0.4) is 0 Å². The molecule has 5 nitrogen and oxygen atoms in total. The molecular formula is C20H23N3O2S. The maximum Gasteiger partial charge on any atom is 0.248 e. The Morgan fingerprint density at radius 1 is 1.19 bits per heavy atom. The van der Waals surface area contributed by atoms with E-state index >= 15 is 0 Å². The molecule has 1 aromatic carbocycles. The Kier molecular flexibility index (Phi) is 4.76. The first-order valence-electron chi connectivity index (χ1n) is 9.27. The highest BCUT2D eigenvalue weighted by molar-refractivity contribution is 7.14. The van der Waals surface area contributed by atoms with Crippen molar-refractivity contribution >= 4 is 28.3 Å². The minimum absolute atomic E-state index is 0.0391. The van der Waals surface area contributed by atoms with Crippen molar-refractivity contribution < 1.29 is 9.59 Å². The molecule has 2 amide bonds. The van der Waals surface area contributed by atoms with Crippen molar-refractivity contribution in [1.29, 1.82) is 0 Å². The fourth-order valence-corrected chi connectivity index (χ4v) is 4.69. The molecule has 4 rings (SSSR count). The van der Waals surface area contributed by atoms with Crippen LogP contribution in [0, 0.1) is 0 Å². The van der Waals surface area contributed by atoms with E-state index in [1.165, 1.54) is 42.2 Å². The molecule has 1 atom stereocenters. The third kappa shape index (κ3) is 3.38. The number of likely N-dealkylation sites (tertiary alicyclic amines) is 1. The van der Waals surface area contributed by atoms with Crippen LogP contribution in [0.2, 0.25) is 0 Å². The average molecular weight is 369 g/mol. The van der Waals surface area contributed by atoms with Crippen LogP contribution in [0.1, 0.15) is 43.7 Å². The molecule has 1 N–H and O–H groups in total. The van der Waals surface area contributed by atoms with E-state index in [0.29, 0.717) is 18.1 Å². The van der Waals surface area contributed by atoms with Gasteiger partial charge >= 0.3 is 0 Å². The minimum Gasteiger partial charge on any atom is -0.331 e. The van der Waals surface area contributed by atoms with Crippen LogP contribution < -0.4 is 5.32 Å². The van der Waals surface area contributed by atoms with Gasteiger partial charge in [0.2, 0.25) is 11.8 Å². The second-order valence-corrected chi connectivity index (χ2v) is 7.95. The highest BCUT2D eigenvalue weighted by Crippen LogP contribution is 2.30. The molecule has 1 unspecified atom stereocenters. The summed E-state index contributed by atoms with van der Waals surface area (Å²) in [5.74, 6) is -0.169. The molecule has 1 aliphatic carbocycles. The van der Waals surface area contributed by atoms with E-state index in [4.69, 9.17) is 0 Å². The lowest BCUT2D eigenvalue weighted by Crippen LogP contribution is -2.49. The Bertz CT molecular complexity index is 845. The highest BCUT2D eigenvalue weighted by Gasteiger charge is 2.30. The lowest BCUT2D eigenvalue weighted by molar-refractivity contribution is -0.138. The highest BCUT2D eigenvalue weighted by atomic mass is 32.1. The number of nitrogens with zero attached hydrogens (tertiary/aromatic N) is 2. The fraction of sp³-hybridized carbons (Fsp3) is 0.450. The summed E-state index contributed by atoms with van der Waals surface area (Å²) in [7, 11) is 0. The van der Waals surface area contributed by atoms with E-state index in [9.17, 15) is 9.59 Å². The van der Waals surface area contributed by atoms with Crippen molar-refractivity contribution in [3.63, 3.8) is 0 Å². The Morgan fingerprint density at radius 3 is 2.88 bits per heavy atom. The van der Waals surface area contributed by atoms with Crippen molar-refractivity contribution in [2.24, 2.45) is 0 Å². The smallest absolute Gasteiger partial charge is 0.248 e. The number of aryl methyl sites for hydroxylation is 2. The summed E-state index contributed by atoms with van der Waals surface area (Å²) in [6, 6.07) is 6.15. The van der Waals surface area contributed by atoms with E-state index in [2.05, 4.69) is 28.5 Å². The van der Waals surface area contributed by atoms with E-state index in [0.717, 1.165) is 30.5 Å². The maximum absolute atomic E-state index is 12.6. The molecule has 2 heterocycles. The summed E-state index contributed by atoms with van der Waals surface area (Å²) in [6.07, 6.45) is 6.18. The number of aromatic nitrogens is 1. The van der Waals surface area contributed by atoms with E-state index in [1.807, 2.05) is 5.38 Å². The molecule has 2 aromatic rings. The average Bonchev–Trinajstić information content (AvgIpc) is 3.30. The van der Waals surface area contributed by atoms with Crippen LogP contribution in [0.15, 0.2) is 23.6 Å². The number of anilines is 1. The van der Waals surface area contributed by atoms with Gasteiger partial charge in [0.05, 0.1) is 5.69 Å². The van der Waals surface area contributed by atoms with Gasteiger partial charge in [-0.05, 0) is 55.7 Å². The van der Waals surface area contributed by atoms with Gasteiger partial charge in [-0.2, -0.15) is 0 Å². The van der Waals surface area contributed by atoms with Gasteiger partial charge in [0.15, 0.2) is 5.13 Å². The van der Waals surface area contributed by atoms with Crippen molar-refractivity contribution in [2.75, 3.05) is 11.9 Å². The quantitative estimate of drug-likeness (QED) is 0.898. The molecular weight excluding hydrogens is 346 g/mol. The zero-order valence-corrected chi connectivity index (χ0v) is 15.8. The first kappa shape index (κ1) is 17.2. The lowest BCUT2D eigenvalue weighted by atomic mass is 10.0. The number of carbonyl (C=O) groups excluding carboxylic acids is 2. The van der Waals surface area contributed by atoms with Gasteiger partial charge in [-0.15, -0.1) is 11.3 Å². The largest absolute Gasteiger partial charge is 0.331 e. The summed E-state index contributed by atoms with van der Waals surface area (Å²) < 4.78 is 0. The summed E-state index contributed by atoms with van der Waals surface area (Å²) >= 11 is 1.43. The number of thiazole rings is 1. The predicted octanol–water partition coefficient (Wildman–Crippen LogP) is 3.64. The number of nitrogens with one attached hydrogen (secondary N) is 1. The van der Waals surface area contributed by atoms with Gasteiger partial charge < -0.3 is 10.2 Å².